The van der Waals surface area contributed by atoms with Crippen LogP contribution in [0.1, 0.15) is 53.6 Å². The molecule has 0 spiro atoms. The lowest BCUT2D eigenvalue weighted by Gasteiger charge is -2.33. The number of fused-ring (bicyclic) bond motifs is 1. The Morgan fingerprint density at radius 2 is 2.22 bits per heavy atom. The number of nitrogens with zero attached hydrogens (tertiary/aromatic N) is 1. The number of amides is 1. The zero-order valence-electron chi connectivity index (χ0n) is 13.8. The van der Waals surface area contributed by atoms with Crippen molar-refractivity contribution in [3.05, 3.63) is 43.8 Å². The molecule has 1 atom stereocenters. The molecule has 3 rings (SSSR count). The Morgan fingerprint density at radius 3 is 2.91 bits per heavy atom. The van der Waals surface area contributed by atoms with Gasteiger partial charge in [-0.3, -0.25) is 4.79 Å². The summed E-state index contributed by atoms with van der Waals surface area (Å²) in [4.78, 5) is 13.7. The first-order valence-electron chi connectivity index (χ1n) is 7.90. The minimum atomic E-state index is -0.0943. The van der Waals surface area contributed by atoms with E-state index in [9.17, 15) is 4.79 Å². The average Bonchev–Trinajstić information content (AvgIpc) is 3.14. The Labute approximate surface area is 145 Å². The predicted molar refractivity (Wildman–Crippen MR) is 98.7 cm³/mol. The number of hydrogen-bond donors (Lipinski definition) is 1. The highest BCUT2D eigenvalue weighted by Crippen LogP contribution is 2.40. The zero-order valence-corrected chi connectivity index (χ0v) is 15.4. The fourth-order valence-electron chi connectivity index (χ4n) is 3.02. The van der Waals surface area contributed by atoms with Crippen LogP contribution < -0.4 is 5.43 Å². The molecule has 2 aromatic rings. The normalized spacial score (nSPS) is 18.1. The summed E-state index contributed by atoms with van der Waals surface area (Å²) in [6, 6.07) is 1.97. The smallest absolute Gasteiger partial charge is 0.267 e. The van der Waals surface area contributed by atoms with Crippen LogP contribution in [0.5, 0.6) is 0 Å². The second-order valence-electron chi connectivity index (χ2n) is 7.11. The Morgan fingerprint density at radius 1 is 1.39 bits per heavy atom. The van der Waals surface area contributed by atoms with E-state index in [-0.39, 0.29) is 5.91 Å². The molecule has 0 saturated heterocycles. The molecule has 1 amide bonds. The molecule has 0 saturated carbocycles. The van der Waals surface area contributed by atoms with E-state index >= 15 is 0 Å². The van der Waals surface area contributed by atoms with E-state index in [1.54, 1.807) is 28.9 Å². The lowest BCUT2D eigenvalue weighted by atomic mass is 9.72. The third-order valence-electron chi connectivity index (χ3n) is 4.55. The minimum absolute atomic E-state index is 0.0943. The van der Waals surface area contributed by atoms with Gasteiger partial charge < -0.3 is 0 Å². The van der Waals surface area contributed by atoms with Crippen LogP contribution in [-0.2, 0) is 12.8 Å². The van der Waals surface area contributed by atoms with Crippen LogP contribution in [0.3, 0.4) is 0 Å². The third-order valence-corrected chi connectivity index (χ3v) is 6.30. The number of nitrogens with one attached hydrogen (secondary N) is 1. The van der Waals surface area contributed by atoms with Gasteiger partial charge in [0.05, 0.1) is 11.8 Å². The summed E-state index contributed by atoms with van der Waals surface area (Å²) < 4.78 is 0. The van der Waals surface area contributed by atoms with Crippen molar-refractivity contribution >= 4 is 34.8 Å². The van der Waals surface area contributed by atoms with Gasteiger partial charge in [-0.2, -0.15) is 16.4 Å². The van der Waals surface area contributed by atoms with Gasteiger partial charge in [0.15, 0.2) is 0 Å². The lowest BCUT2D eigenvalue weighted by Crippen LogP contribution is -2.27. The number of rotatable bonds is 3. The van der Waals surface area contributed by atoms with E-state index in [2.05, 4.69) is 31.3 Å². The summed E-state index contributed by atoms with van der Waals surface area (Å²) in [5.74, 6) is 0.601. The SMILES string of the molecule is CC(C)(C)C1CCc2c(C(=O)N/N=C/c3ccsc3)csc2C1. The van der Waals surface area contributed by atoms with E-state index in [1.165, 1.54) is 10.4 Å². The predicted octanol–water partition coefficient (Wildman–Crippen LogP) is 4.72. The van der Waals surface area contributed by atoms with Crippen LogP contribution in [0, 0.1) is 11.3 Å². The fourth-order valence-corrected chi connectivity index (χ4v) is 4.79. The Balaban J connectivity index is 1.68. The molecule has 5 heteroatoms. The lowest BCUT2D eigenvalue weighted by molar-refractivity contribution is 0.0954. The maximum atomic E-state index is 12.4. The molecule has 0 bridgehead atoms. The molecule has 1 unspecified atom stereocenters. The van der Waals surface area contributed by atoms with Crippen LogP contribution in [0.25, 0.3) is 0 Å². The average molecular weight is 347 g/mol. The molecule has 0 aromatic carbocycles. The van der Waals surface area contributed by atoms with E-state index in [0.717, 1.165) is 30.4 Å². The summed E-state index contributed by atoms with van der Waals surface area (Å²) >= 11 is 3.33. The highest BCUT2D eigenvalue weighted by atomic mass is 32.1. The van der Waals surface area contributed by atoms with Gasteiger partial charge in [-0.1, -0.05) is 20.8 Å². The van der Waals surface area contributed by atoms with Crippen LogP contribution in [0.2, 0.25) is 0 Å². The van der Waals surface area contributed by atoms with Crippen molar-refractivity contribution in [3.63, 3.8) is 0 Å². The van der Waals surface area contributed by atoms with Gasteiger partial charge in [-0.15, -0.1) is 11.3 Å². The topological polar surface area (TPSA) is 41.5 Å². The molecule has 1 N–H and O–H groups in total. The summed E-state index contributed by atoms with van der Waals surface area (Å²) in [7, 11) is 0. The Bertz CT molecular complexity index is 708. The Hall–Kier alpha value is -1.46. The summed E-state index contributed by atoms with van der Waals surface area (Å²) in [5, 5.41) is 10.0. The monoisotopic (exact) mass is 346 g/mol. The first-order valence-corrected chi connectivity index (χ1v) is 9.72. The van der Waals surface area contributed by atoms with E-state index in [4.69, 9.17) is 0 Å². The van der Waals surface area contributed by atoms with Gasteiger partial charge in [0.1, 0.15) is 0 Å². The molecule has 122 valence electrons. The Kier molecular flexibility index (Phi) is 4.69. The van der Waals surface area contributed by atoms with Crippen LogP contribution >= 0.6 is 22.7 Å². The van der Waals surface area contributed by atoms with Gasteiger partial charge in [0.25, 0.3) is 5.91 Å². The molecule has 0 fully saturated rings. The standard InChI is InChI=1S/C18H22N2OS2/c1-18(2,3)13-4-5-14-15(11-23-16(14)8-13)17(21)20-19-9-12-6-7-22-10-12/h6-7,9-11,13H,4-5,8H2,1-3H3,(H,20,21)/b19-9+. The fraction of sp³-hybridized carbons (Fsp3) is 0.444. The van der Waals surface area contributed by atoms with Crippen molar-refractivity contribution in [2.75, 3.05) is 0 Å². The number of carbonyl (C=O) groups is 1. The second-order valence-corrected chi connectivity index (χ2v) is 8.86. The molecular weight excluding hydrogens is 324 g/mol. The van der Waals surface area contributed by atoms with Gasteiger partial charge in [0.2, 0.25) is 0 Å². The van der Waals surface area contributed by atoms with E-state index < -0.39 is 0 Å². The molecule has 3 nitrogen and oxygen atoms in total. The van der Waals surface area contributed by atoms with Crippen molar-refractivity contribution in [1.29, 1.82) is 0 Å². The first kappa shape index (κ1) is 16.4. The van der Waals surface area contributed by atoms with Crippen molar-refractivity contribution < 1.29 is 4.79 Å². The van der Waals surface area contributed by atoms with Crippen LogP contribution in [-0.4, -0.2) is 12.1 Å². The molecule has 1 aliphatic carbocycles. The summed E-state index contributed by atoms with van der Waals surface area (Å²) in [6.07, 6.45) is 4.93. The molecule has 0 radical (unpaired) electrons. The molecule has 2 aromatic heterocycles. The van der Waals surface area contributed by atoms with Gasteiger partial charge in [-0.05, 0) is 53.0 Å². The van der Waals surface area contributed by atoms with Crippen LogP contribution in [0.15, 0.2) is 27.3 Å². The number of carbonyl (C=O) groups excluding carboxylic acids is 1. The van der Waals surface area contributed by atoms with Crippen molar-refractivity contribution in [1.82, 2.24) is 5.43 Å². The number of hydrogen-bond acceptors (Lipinski definition) is 4. The summed E-state index contributed by atoms with van der Waals surface area (Å²) in [5.41, 5.74) is 6.04. The zero-order chi connectivity index (χ0) is 16.4. The number of thiophene rings is 2. The van der Waals surface area contributed by atoms with Gasteiger partial charge in [-0.25, -0.2) is 5.43 Å². The molecule has 2 heterocycles. The maximum absolute atomic E-state index is 12.4. The van der Waals surface area contributed by atoms with Crippen molar-refractivity contribution in [3.8, 4) is 0 Å². The quantitative estimate of drug-likeness (QED) is 0.634. The minimum Gasteiger partial charge on any atom is -0.267 e. The van der Waals surface area contributed by atoms with Gasteiger partial charge in [0, 0.05) is 15.8 Å². The molecule has 1 aliphatic rings. The second kappa shape index (κ2) is 6.57. The molecule has 0 aliphatic heterocycles. The third kappa shape index (κ3) is 3.72. The first-order chi connectivity index (χ1) is 10.9. The highest BCUT2D eigenvalue weighted by Gasteiger charge is 2.31. The number of hydrazone groups is 1. The van der Waals surface area contributed by atoms with Gasteiger partial charge >= 0.3 is 0 Å². The van der Waals surface area contributed by atoms with Crippen molar-refractivity contribution in [2.24, 2.45) is 16.4 Å². The molecular formula is C18H22N2OS2. The van der Waals surface area contributed by atoms with Crippen molar-refractivity contribution in [2.45, 2.75) is 40.0 Å². The maximum Gasteiger partial charge on any atom is 0.272 e. The van der Waals surface area contributed by atoms with Crippen LogP contribution in [0.4, 0.5) is 0 Å². The van der Waals surface area contributed by atoms with E-state index in [0.29, 0.717) is 11.3 Å². The summed E-state index contributed by atoms with van der Waals surface area (Å²) in [6.45, 7) is 6.93. The molecule has 23 heavy (non-hydrogen) atoms. The highest BCUT2D eigenvalue weighted by molar-refractivity contribution is 7.10. The van der Waals surface area contributed by atoms with E-state index in [1.807, 2.05) is 22.2 Å². The largest absolute Gasteiger partial charge is 0.272 e.